The third-order valence-corrected chi connectivity index (χ3v) is 5.90. The lowest BCUT2D eigenvalue weighted by Crippen LogP contribution is -2.61. The molecule has 4 rings (SSSR count). The summed E-state index contributed by atoms with van der Waals surface area (Å²) >= 11 is 0. The fourth-order valence-corrected chi connectivity index (χ4v) is 3.99. The maximum absolute atomic E-state index is 15.0. The molecule has 0 radical (unpaired) electrons. The predicted octanol–water partition coefficient (Wildman–Crippen LogP) is 4.08. The van der Waals surface area contributed by atoms with Crippen LogP contribution < -0.4 is 21.1 Å². The Balaban J connectivity index is 1.58. The van der Waals surface area contributed by atoms with Crippen LogP contribution in [0.2, 0.25) is 0 Å². The molecule has 2 aliphatic rings. The SMILES string of the molecule is C[C@@]1(c2cc3c(cc2F)CNC(c2ccc(OCC(F)(F)C(F)F)cn2)=N3)C[C@@H](C(F)(F)F)OC(N)N1. The quantitative estimate of drug-likeness (QED) is 0.480. The molecule has 1 fully saturated rings. The highest BCUT2D eigenvalue weighted by Crippen LogP contribution is 2.40. The number of ether oxygens (including phenoxy) is 2. The summed E-state index contributed by atoms with van der Waals surface area (Å²) in [5.74, 6) is -5.07. The van der Waals surface area contributed by atoms with Crippen LogP contribution in [0.25, 0.3) is 0 Å². The number of halogens is 8. The van der Waals surface area contributed by atoms with Crippen LogP contribution >= 0.6 is 0 Å². The molecule has 0 aliphatic carbocycles. The number of hydrogen-bond donors (Lipinski definition) is 3. The molecule has 2 aromatic rings. The Morgan fingerprint density at radius 3 is 2.57 bits per heavy atom. The van der Waals surface area contributed by atoms with Gasteiger partial charge in [-0.15, -0.1) is 0 Å². The molecule has 2 aliphatic heterocycles. The lowest BCUT2D eigenvalue weighted by Gasteiger charge is -2.43. The number of rotatable bonds is 6. The summed E-state index contributed by atoms with van der Waals surface area (Å²) < 4.78 is 115. The number of fused-ring (bicyclic) bond motifs is 1. The van der Waals surface area contributed by atoms with Gasteiger partial charge in [0.1, 0.15) is 17.3 Å². The summed E-state index contributed by atoms with van der Waals surface area (Å²) in [5.41, 5.74) is 4.88. The van der Waals surface area contributed by atoms with Gasteiger partial charge in [0.25, 0.3) is 0 Å². The van der Waals surface area contributed by atoms with Gasteiger partial charge < -0.3 is 14.8 Å². The fourth-order valence-electron chi connectivity index (χ4n) is 3.99. The summed E-state index contributed by atoms with van der Waals surface area (Å²) in [7, 11) is 0. The largest absolute Gasteiger partial charge is 0.485 e. The molecule has 0 bridgehead atoms. The Morgan fingerprint density at radius 1 is 1.22 bits per heavy atom. The standard InChI is InChI=1S/C22H21F8N5O2/c1-20(6-16(22(28,29)30)37-19(31)35-20)12-5-15-10(4-13(12)23)7-33-17(34-15)14-3-2-11(8-32-14)36-9-21(26,27)18(24)25/h2-5,8,16,18-19,35H,6-7,9,31H2,1H3,(H,33,34)/t16-,19?,20-/m0/s1. The molecular weight excluding hydrogens is 518 g/mol. The average Bonchev–Trinajstić information content (AvgIpc) is 2.81. The summed E-state index contributed by atoms with van der Waals surface area (Å²) in [6.45, 7) is -0.0599. The first-order chi connectivity index (χ1) is 17.2. The molecule has 0 spiro atoms. The Kier molecular flexibility index (Phi) is 7.07. The predicted molar refractivity (Wildman–Crippen MR) is 114 cm³/mol. The van der Waals surface area contributed by atoms with Crippen molar-refractivity contribution in [2.75, 3.05) is 6.61 Å². The van der Waals surface area contributed by atoms with Crippen LogP contribution in [0.15, 0.2) is 35.5 Å². The average molecular weight is 539 g/mol. The van der Waals surface area contributed by atoms with Crippen molar-refractivity contribution in [2.45, 2.75) is 56.4 Å². The second-order valence-corrected chi connectivity index (χ2v) is 8.77. The van der Waals surface area contributed by atoms with E-state index < -0.39 is 55.4 Å². The van der Waals surface area contributed by atoms with Crippen LogP contribution in [-0.2, 0) is 16.8 Å². The highest BCUT2D eigenvalue weighted by molar-refractivity contribution is 5.99. The Morgan fingerprint density at radius 2 is 1.95 bits per heavy atom. The Hall–Kier alpha value is -3.04. The van der Waals surface area contributed by atoms with Crippen molar-refractivity contribution in [3.05, 3.63) is 53.1 Å². The number of nitrogens with zero attached hydrogens (tertiary/aromatic N) is 2. The van der Waals surface area contributed by atoms with E-state index in [4.69, 9.17) is 10.5 Å². The van der Waals surface area contributed by atoms with Gasteiger partial charge in [-0.25, -0.2) is 23.1 Å². The number of hydrogen-bond acceptors (Lipinski definition) is 7. The summed E-state index contributed by atoms with van der Waals surface area (Å²) in [5, 5.41) is 5.57. The van der Waals surface area contributed by atoms with E-state index in [9.17, 15) is 30.7 Å². The molecule has 1 aromatic heterocycles. The zero-order valence-electron chi connectivity index (χ0n) is 19.1. The van der Waals surface area contributed by atoms with E-state index >= 15 is 4.39 Å². The third-order valence-electron chi connectivity index (χ3n) is 5.90. The van der Waals surface area contributed by atoms with Gasteiger partial charge in [-0.05, 0) is 36.8 Å². The van der Waals surface area contributed by atoms with E-state index in [0.717, 1.165) is 12.3 Å². The highest BCUT2D eigenvalue weighted by Gasteiger charge is 2.50. The van der Waals surface area contributed by atoms with E-state index in [1.165, 1.54) is 25.1 Å². The smallest absolute Gasteiger partial charge is 0.414 e. The van der Waals surface area contributed by atoms with Crippen LogP contribution in [0, 0.1) is 5.82 Å². The number of aromatic nitrogens is 1. The number of nitrogens with two attached hydrogens (primary N) is 1. The van der Waals surface area contributed by atoms with Crippen molar-refractivity contribution in [3.63, 3.8) is 0 Å². The van der Waals surface area contributed by atoms with Crippen molar-refractivity contribution in [1.82, 2.24) is 15.6 Å². The molecule has 0 saturated carbocycles. The van der Waals surface area contributed by atoms with Gasteiger partial charge in [0.15, 0.2) is 24.9 Å². The fraction of sp³-hybridized carbons (Fsp3) is 0.455. The first-order valence-electron chi connectivity index (χ1n) is 10.8. The zero-order valence-corrected chi connectivity index (χ0v) is 19.1. The van der Waals surface area contributed by atoms with Crippen LogP contribution in [-0.4, -0.2) is 48.4 Å². The minimum atomic E-state index is -4.71. The normalized spacial score (nSPS) is 24.4. The van der Waals surface area contributed by atoms with Gasteiger partial charge in [-0.3, -0.25) is 11.1 Å². The van der Waals surface area contributed by atoms with Gasteiger partial charge in [0.2, 0.25) is 0 Å². The Bertz CT molecular complexity index is 1170. The summed E-state index contributed by atoms with van der Waals surface area (Å²) in [6.07, 6.45) is -11.9. The topological polar surface area (TPSA) is 93.8 Å². The molecule has 4 N–H and O–H groups in total. The molecule has 1 aromatic carbocycles. The lowest BCUT2D eigenvalue weighted by molar-refractivity contribution is -0.260. The van der Waals surface area contributed by atoms with E-state index in [-0.39, 0.29) is 35.1 Å². The molecule has 202 valence electrons. The van der Waals surface area contributed by atoms with Gasteiger partial charge in [-0.1, -0.05) is 0 Å². The maximum atomic E-state index is 15.0. The number of benzene rings is 1. The number of alkyl halides is 7. The Labute approximate surface area is 205 Å². The highest BCUT2D eigenvalue weighted by atomic mass is 19.4. The second kappa shape index (κ2) is 9.68. The van der Waals surface area contributed by atoms with E-state index in [1.54, 1.807) is 0 Å². The summed E-state index contributed by atoms with van der Waals surface area (Å²) in [4.78, 5) is 8.39. The maximum Gasteiger partial charge on any atom is 0.414 e. The van der Waals surface area contributed by atoms with Crippen LogP contribution in [0.4, 0.5) is 40.8 Å². The van der Waals surface area contributed by atoms with Gasteiger partial charge in [0, 0.05) is 24.1 Å². The van der Waals surface area contributed by atoms with Gasteiger partial charge in [-0.2, -0.15) is 22.0 Å². The van der Waals surface area contributed by atoms with Gasteiger partial charge in [0.05, 0.1) is 11.9 Å². The van der Waals surface area contributed by atoms with Crippen molar-refractivity contribution in [1.29, 1.82) is 0 Å². The van der Waals surface area contributed by atoms with E-state index in [0.29, 0.717) is 5.56 Å². The van der Waals surface area contributed by atoms with E-state index in [1.807, 2.05) is 0 Å². The van der Waals surface area contributed by atoms with Crippen LogP contribution in [0.1, 0.15) is 30.2 Å². The number of amidine groups is 1. The van der Waals surface area contributed by atoms with Crippen molar-refractivity contribution in [3.8, 4) is 5.75 Å². The van der Waals surface area contributed by atoms with Crippen LogP contribution in [0.5, 0.6) is 5.75 Å². The van der Waals surface area contributed by atoms with E-state index in [2.05, 4.69) is 25.3 Å². The number of nitrogens with one attached hydrogen (secondary N) is 2. The molecule has 0 amide bonds. The van der Waals surface area contributed by atoms with Crippen molar-refractivity contribution < 1.29 is 44.6 Å². The molecule has 3 atom stereocenters. The first-order valence-corrected chi connectivity index (χ1v) is 10.8. The number of pyridine rings is 1. The zero-order chi connectivity index (χ0) is 27.2. The second-order valence-electron chi connectivity index (χ2n) is 8.77. The third kappa shape index (κ3) is 5.78. The van der Waals surface area contributed by atoms with Gasteiger partial charge >= 0.3 is 18.5 Å². The molecule has 37 heavy (non-hydrogen) atoms. The minimum absolute atomic E-state index is 0.0964. The molecular formula is C22H21F8N5O2. The number of aliphatic imine (C=N–C) groups is 1. The molecule has 7 nitrogen and oxygen atoms in total. The molecule has 3 heterocycles. The van der Waals surface area contributed by atoms with Crippen LogP contribution in [0.3, 0.4) is 0 Å². The first kappa shape index (κ1) is 27.0. The minimum Gasteiger partial charge on any atom is -0.485 e. The van der Waals surface area contributed by atoms with Crippen molar-refractivity contribution >= 4 is 11.5 Å². The monoisotopic (exact) mass is 539 g/mol. The molecule has 1 unspecified atom stereocenters. The molecule has 15 heteroatoms. The molecule has 1 saturated heterocycles. The summed E-state index contributed by atoms with van der Waals surface area (Å²) in [6, 6.07) is 5.03. The lowest BCUT2D eigenvalue weighted by atomic mass is 9.83. The van der Waals surface area contributed by atoms with Crippen molar-refractivity contribution in [2.24, 2.45) is 10.7 Å².